The second-order valence-electron chi connectivity index (χ2n) is 11.3. The van der Waals surface area contributed by atoms with Gasteiger partial charge in [0.2, 0.25) is 5.91 Å². The van der Waals surface area contributed by atoms with Gasteiger partial charge in [-0.05, 0) is 92.4 Å². The smallest absolute Gasteiger partial charge is 0.356 e. The van der Waals surface area contributed by atoms with E-state index in [2.05, 4.69) is 10.6 Å². The third-order valence-electron chi connectivity index (χ3n) is 9.04. The minimum atomic E-state index is -6.33. The van der Waals surface area contributed by atoms with Crippen LogP contribution in [0, 0.1) is 23.6 Å². The molecule has 1 heterocycles. The Balaban J connectivity index is 1.61. The van der Waals surface area contributed by atoms with Crippen molar-refractivity contribution in [3.63, 3.8) is 0 Å². The zero-order valence-corrected chi connectivity index (χ0v) is 22.9. The normalized spacial score (nSPS) is 26.5. The minimum Gasteiger partial charge on any atom is -0.356 e. The summed E-state index contributed by atoms with van der Waals surface area (Å²) in [5.74, 6) is -2.61. The maximum Gasteiger partial charge on any atom is 0.435 e. The van der Waals surface area contributed by atoms with E-state index in [-0.39, 0.29) is 53.5 Å². The number of sulfone groups is 1. The van der Waals surface area contributed by atoms with Crippen LogP contribution in [0.25, 0.3) is 0 Å². The molecule has 1 saturated carbocycles. The van der Waals surface area contributed by atoms with Crippen LogP contribution in [0.3, 0.4) is 0 Å². The van der Waals surface area contributed by atoms with Crippen molar-refractivity contribution in [1.29, 1.82) is 0 Å². The molecule has 230 valence electrons. The van der Waals surface area contributed by atoms with Gasteiger partial charge in [-0.25, -0.2) is 17.2 Å². The Morgan fingerprint density at radius 1 is 0.952 bits per heavy atom. The van der Waals surface area contributed by atoms with Crippen LogP contribution < -0.4 is 10.6 Å². The van der Waals surface area contributed by atoms with Crippen LogP contribution in [0.5, 0.6) is 0 Å². The number of aryl methyl sites for hydroxylation is 1. The highest BCUT2D eigenvalue weighted by molar-refractivity contribution is 7.92. The Labute approximate surface area is 237 Å². The van der Waals surface area contributed by atoms with Crippen molar-refractivity contribution in [1.82, 2.24) is 10.6 Å². The summed E-state index contributed by atoms with van der Waals surface area (Å²) in [6.45, 7) is 1.87. The van der Waals surface area contributed by atoms with Crippen molar-refractivity contribution in [2.75, 3.05) is 19.6 Å². The fourth-order valence-electron chi connectivity index (χ4n) is 6.96. The topological polar surface area (TPSA) is 75.3 Å². The van der Waals surface area contributed by atoms with Crippen LogP contribution in [-0.2, 0) is 31.5 Å². The monoisotopic (exact) mass is 624 g/mol. The molecular weight excluding hydrogens is 596 g/mol. The van der Waals surface area contributed by atoms with Gasteiger partial charge < -0.3 is 10.6 Å². The van der Waals surface area contributed by atoms with E-state index in [1.54, 1.807) is 0 Å². The number of fused-ring (bicyclic) bond motifs is 3. The van der Waals surface area contributed by atoms with Crippen LogP contribution in [-0.4, -0.2) is 46.3 Å². The molecule has 0 spiro atoms. The van der Waals surface area contributed by atoms with Gasteiger partial charge in [0.25, 0.3) is 0 Å². The summed E-state index contributed by atoms with van der Waals surface area (Å²) in [7, 11) is -4.49. The number of carbonyl (C=O) groups excluding carboxylic acids is 1. The standard InChI is InChI=1S/C28H28F8N2O3S/c29-19-3-5-20(6-4-19)42(40,41)25-11-9-21(24(39)38-15-16-10-12-37-14-16)23(25)7-1-17-13-18(2-8-22(17)25)26(30,27(31,32)33)28(34,35)36/h2-6,8,13,16,21,23,37H,1,7,9-12,14-15H2,(H,38,39)/t16?,21-,23+,25-/m1/s1. The van der Waals surface area contributed by atoms with Gasteiger partial charge in [0, 0.05) is 18.0 Å². The first-order chi connectivity index (χ1) is 19.5. The third kappa shape index (κ3) is 4.68. The van der Waals surface area contributed by atoms with Gasteiger partial charge >= 0.3 is 18.0 Å². The molecular formula is C28H28F8N2O3S. The van der Waals surface area contributed by atoms with Crippen molar-refractivity contribution >= 4 is 15.7 Å². The van der Waals surface area contributed by atoms with Crippen LogP contribution in [0.2, 0.25) is 0 Å². The highest BCUT2D eigenvalue weighted by Gasteiger charge is 2.74. The molecule has 2 aliphatic carbocycles. The van der Waals surface area contributed by atoms with Gasteiger partial charge in [-0.15, -0.1) is 0 Å². The number of alkyl halides is 7. The molecule has 5 rings (SSSR count). The second-order valence-corrected chi connectivity index (χ2v) is 13.5. The molecule has 1 amide bonds. The van der Waals surface area contributed by atoms with Crippen LogP contribution in [0.1, 0.15) is 42.4 Å². The first-order valence-corrected chi connectivity index (χ1v) is 15.0. The minimum absolute atomic E-state index is 0.0583. The summed E-state index contributed by atoms with van der Waals surface area (Å²) in [4.78, 5) is 13.0. The van der Waals surface area contributed by atoms with Gasteiger partial charge in [0.05, 0.1) is 4.90 Å². The number of amides is 1. The predicted molar refractivity (Wildman–Crippen MR) is 135 cm³/mol. The van der Waals surface area contributed by atoms with E-state index in [9.17, 15) is 48.3 Å². The van der Waals surface area contributed by atoms with E-state index in [0.29, 0.717) is 25.2 Å². The number of rotatable bonds is 6. The van der Waals surface area contributed by atoms with Crippen molar-refractivity contribution in [3.8, 4) is 0 Å². The van der Waals surface area contributed by atoms with E-state index >= 15 is 0 Å². The Morgan fingerprint density at radius 3 is 2.21 bits per heavy atom. The van der Waals surface area contributed by atoms with E-state index in [4.69, 9.17) is 0 Å². The molecule has 2 fully saturated rings. The van der Waals surface area contributed by atoms with Gasteiger partial charge in [-0.1, -0.05) is 18.2 Å². The van der Waals surface area contributed by atoms with E-state index in [0.717, 1.165) is 43.3 Å². The summed E-state index contributed by atoms with van der Waals surface area (Å²) in [5, 5.41) is 6.06. The fourth-order valence-corrected chi connectivity index (χ4v) is 9.43. The molecule has 0 aromatic heterocycles. The Bertz CT molecular complexity index is 1440. The average Bonchev–Trinajstić information content (AvgIpc) is 3.59. The fraction of sp³-hybridized carbons (Fsp3) is 0.536. The molecule has 1 aliphatic heterocycles. The lowest BCUT2D eigenvalue weighted by Gasteiger charge is -2.42. The highest BCUT2D eigenvalue weighted by Crippen LogP contribution is 2.60. The SMILES string of the molecule is O=C(NCC1CCNC1)[C@@H]1CC[C@@]2(S(=O)(=O)c3ccc(F)cc3)c3ccc(C(F)(C(F)(F)F)C(F)(F)F)cc3CC[C@@H]12. The molecule has 14 heteroatoms. The van der Waals surface area contributed by atoms with Gasteiger partial charge in [-0.2, -0.15) is 26.3 Å². The Morgan fingerprint density at radius 2 is 1.62 bits per heavy atom. The molecule has 3 aliphatic rings. The van der Waals surface area contributed by atoms with Gasteiger partial charge in [0.15, 0.2) is 9.84 Å². The first kappa shape index (κ1) is 30.7. The van der Waals surface area contributed by atoms with Crippen molar-refractivity contribution < 1.29 is 48.3 Å². The lowest BCUT2D eigenvalue weighted by atomic mass is 9.72. The third-order valence-corrected chi connectivity index (χ3v) is 11.6. The summed E-state index contributed by atoms with van der Waals surface area (Å²) < 4.78 is 136. The molecule has 1 unspecified atom stereocenters. The summed E-state index contributed by atoms with van der Waals surface area (Å²) in [6, 6.07) is 5.47. The number of carbonyl (C=O) groups is 1. The van der Waals surface area contributed by atoms with Crippen LogP contribution in [0.15, 0.2) is 47.4 Å². The molecule has 2 aromatic carbocycles. The Kier molecular flexibility index (Phi) is 7.65. The second kappa shape index (κ2) is 10.5. The van der Waals surface area contributed by atoms with E-state index < -0.39 is 55.8 Å². The average molecular weight is 625 g/mol. The number of hydrogen-bond acceptors (Lipinski definition) is 4. The Hall–Kier alpha value is -2.74. The molecule has 2 aromatic rings. The van der Waals surface area contributed by atoms with E-state index in [1.165, 1.54) is 0 Å². The molecule has 0 radical (unpaired) electrons. The number of nitrogens with one attached hydrogen (secondary N) is 2. The zero-order chi connectivity index (χ0) is 30.7. The van der Waals surface area contributed by atoms with Crippen LogP contribution in [0.4, 0.5) is 35.1 Å². The predicted octanol–water partition coefficient (Wildman–Crippen LogP) is 5.48. The van der Waals surface area contributed by atoms with E-state index in [1.807, 2.05) is 0 Å². The van der Waals surface area contributed by atoms with Crippen molar-refractivity contribution in [2.45, 2.75) is 59.8 Å². The lowest BCUT2D eigenvalue weighted by molar-refractivity contribution is -0.348. The van der Waals surface area contributed by atoms with Crippen molar-refractivity contribution in [3.05, 3.63) is 65.0 Å². The zero-order valence-electron chi connectivity index (χ0n) is 22.1. The lowest BCUT2D eigenvalue weighted by Crippen LogP contribution is -2.51. The molecule has 5 nitrogen and oxygen atoms in total. The molecule has 0 bridgehead atoms. The molecule has 2 N–H and O–H groups in total. The molecule has 4 atom stereocenters. The van der Waals surface area contributed by atoms with Gasteiger partial charge in [-0.3, -0.25) is 4.79 Å². The summed E-state index contributed by atoms with van der Waals surface area (Å²) in [6.07, 6.45) is -12.1. The highest BCUT2D eigenvalue weighted by atomic mass is 32.2. The van der Waals surface area contributed by atoms with Crippen LogP contribution >= 0.6 is 0 Å². The van der Waals surface area contributed by atoms with Crippen molar-refractivity contribution in [2.24, 2.45) is 17.8 Å². The number of hydrogen-bond donors (Lipinski definition) is 2. The number of halogens is 8. The largest absolute Gasteiger partial charge is 0.435 e. The maximum atomic E-state index is 14.9. The van der Waals surface area contributed by atoms with Gasteiger partial charge in [0.1, 0.15) is 10.6 Å². The quantitative estimate of drug-likeness (QED) is 0.330. The maximum absolute atomic E-state index is 14.9. The number of benzene rings is 2. The first-order valence-electron chi connectivity index (χ1n) is 13.5. The molecule has 42 heavy (non-hydrogen) atoms. The molecule has 1 saturated heterocycles. The summed E-state index contributed by atoms with van der Waals surface area (Å²) >= 11 is 0. The summed E-state index contributed by atoms with van der Waals surface area (Å²) in [5.41, 5.74) is -7.63.